The van der Waals surface area contributed by atoms with Crippen LogP contribution in [-0.2, 0) is 20.5 Å². The molecule has 1 aromatic rings. The van der Waals surface area contributed by atoms with Crippen molar-refractivity contribution < 1.29 is 37.7 Å². The molecule has 0 aromatic carbocycles. The van der Waals surface area contributed by atoms with Crippen molar-refractivity contribution in [3.8, 4) is 0 Å². The second-order valence-electron chi connectivity index (χ2n) is 12.4. The number of aliphatic hydroxyl groups excluding tert-OH is 2. The standard InChI is InChI=1S/C29H40F3N3O5S/c1-6-26(4)14-20(27(5)16(2)7-9-28(17(3)24(26)39)10-8-18(37)23(27)28)40-22(38)15-41-25-34-19(29(30,31)32)13-21(35-25)33-11-12-36/h6,13,16-17,20,23-24,36,39H,1,7-12,14-15H2,2-5H3,(H,33,34,35)/t16-,17+,20-,23+,24+,26-,27+,28+/m1/s1. The molecule has 0 unspecified atom stereocenters. The first-order valence-electron chi connectivity index (χ1n) is 14.1. The first-order chi connectivity index (χ1) is 19.1. The minimum atomic E-state index is -4.73. The van der Waals surface area contributed by atoms with Crippen molar-refractivity contribution in [1.29, 1.82) is 0 Å². The number of Topliss-reactive ketones (excluding diaryl/α,β-unsaturated/α-hetero) is 1. The molecule has 3 aliphatic rings. The number of rotatable bonds is 8. The molecule has 41 heavy (non-hydrogen) atoms. The van der Waals surface area contributed by atoms with Crippen molar-refractivity contribution in [1.82, 2.24) is 9.97 Å². The second-order valence-corrected chi connectivity index (χ2v) is 13.4. The van der Waals surface area contributed by atoms with E-state index in [1.165, 1.54) is 0 Å². The smallest absolute Gasteiger partial charge is 0.433 e. The molecule has 0 amide bonds. The van der Waals surface area contributed by atoms with E-state index < -0.39 is 46.3 Å². The van der Waals surface area contributed by atoms with E-state index in [4.69, 9.17) is 9.84 Å². The SMILES string of the molecule is C=C[C@]1(C)C[C@@H](OC(=O)CSc2nc(NCCO)cc(C(F)(F)F)n2)[C@]2(C)[C@H](C)CC[C@]3(CCC(=O)[C@H]32)[C@@H](C)[C@@H]1O. The summed E-state index contributed by atoms with van der Waals surface area (Å²) >= 11 is 0.717. The number of hydrogen-bond donors (Lipinski definition) is 3. The molecule has 0 aliphatic heterocycles. The third-order valence-electron chi connectivity index (χ3n) is 10.3. The Bertz CT molecular complexity index is 1180. The lowest BCUT2D eigenvalue weighted by Gasteiger charge is -2.61. The minimum absolute atomic E-state index is 0.00712. The minimum Gasteiger partial charge on any atom is -0.461 e. The molecule has 228 valence electrons. The summed E-state index contributed by atoms with van der Waals surface area (Å²) in [5.74, 6) is -1.50. The molecule has 0 spiro atoms. The maximum absolute atomic E-state index is 13.5. The molecule has 8 nitrogen and oxygen atoms in total. The van der Waals surface area contributed by atoms with Gasteiger partial charge in [-0.15, -0.1) is 6.58 Å². The summed E-state index contributed by atoms with van der Waals surface area (Å²) in [5, 5.41) is 23.0. The Morgan fingerprint density at radius 2 is 2.00 bits per heavy atom. The summed E-state index contributed by atoms with van der Waals surface area (Å²) in [5.41, 5.74) is -3.07. The third-order valence-corrected chi connectivity index (χ3v) is 11.1. The van der Waals surface area contributed by atoms with Gasteiger partial charge in [-0.1, -0.05) is 45.5 Å². The summed E-state index contributed by atoms with van der Waals surface area (Å²) in [6.45, 7) is 11.7. The van der Waals surface area contributed by atoms with E-state index in [1.54, 1.807) is 6.08 Å². The van der Waals surface area contributed by atoms with Crippen molar-refractivity contribution in [3.63, 3.8) is 0 Å². The van der Waals surface area contributed by atoms with Crippen molar-refractivity contribution in [2.24, 2.45) is 34.0 Å². The zero-order valence-electron chi connectivity index (χ0n) is 24.0. The highest BCUT2D eigenvalue weighted by Crippen LogP contribution is 2.68. The lowest BCUT2D eigenvalue weighted by molar-refractivity contribution is -0.205. The quantitative estimate of drug-likeness (QED) is 0.166. The van der Waals surface area contributed by atoms with E-state index in [0.29, 0.717) is 24.6 Å². The van der Waals surface area contributed by atoms with Crippen LogP contribution in [0.25, 0.3) is 0 Å². The van der Waals surface area contributed by atoms with Gasteiger partial charge >= 0.3 is 12.1 Å². The number of carbonyl (C=O) groups is 2. The maximum atomic E-state index is 13.5. The van der Waals surface area contributed by atoms with Gasteiger partial charge in [-0.2, -0.15) is 13.2 Å². The van der Waals surface area contributed by atoms with Crippen molar-refractivity contribution >= 4 is 29.3 Å². The number of aromatic nitrogens is 2. The van der Waals surface area contributed by atoms with Crippen LogP contribution >= 0.6 is 11.8 Å². The Morgan fingerprint density at radius 1 is 1.29 bits per heavy atom. The number of aliphatic hydroxyl groups is 2. The predicted octanol–water partition coefficient (Wildman–Crippen LogP) is 4.90. The lowest BCUT2D eigenvalue weighted by Crippen LogP contribution is -2.63. The summed E-state index contributed by atoms with van der Waals surface area (Å²) < 4.78 is 46.4. The predicted molar refractivity (Wildman–Crippen MR) is 148 cm³/mol. The van der Waals surface area contributed by atoms with Crippen LogP contribution in [0, 0.1) is 34.0 Å². The number of hydrogen-bond acceptors (Lipinski definition) is 9. The van der Waals surface area contributed by atoms with Gasteiger partial charge in [0, 0.05) is 35.8 Å². The number of ether oxygens (including phenoxy) is 1. The van der Waals surface area contributed by atoms with E-state index in [2.05, 4.69) is 28.8 Å². The van der Waals surface area contributed by atoms with E-state index >= 15 is 0 Å². The first-order valence-corrected chi connectivity index (χ1v) is 15.1. The molecular weight excluding hydrogens is 559 g/mol. The molecule has 12 heteroatoms. The van der Waals surface area contributed by atoms with Gasteiger partial charge < -0.3 is 20.3 Å². The second kappa shape index (κ2) is 11.5. The Morgan fingerprint density at radius 3 is 2.63 bits per heavy atom. The summed E-state index contributed by atoms with van der Waals surface area (Å²) in [7, 11) is 0. The highest BCUT2D eigenvalue weighted by molar-refractivity contribution is 7.99. The molecule has 3 fully saturated rings. The summed E-state index contributed by atoms with van der Waals surface area (Å²) in [4.78, 5) is 34.4. The van der Waals surface area contributed by atoms with Gasteiger partial charge in [-0.05, 0) is 42.9 Å². The Labute approximate surface area is 242 Å². The average molecular weight is 600 g/mol. The van der Waals surface area contributed by atoms with Gasteiger partial charge in [-0.3, -0.25) is 9.59 Å². The van der Waals surface area contributed by atoms with Crippen molar-refractivity contribution in [3.05, 3.63) is 24.4 Å². The fourth-order valence-electron chi connectivity index (χ4n) is 7.73. The molecule has 0 radical (unpaired) electrons. The molecule has 3 N–H and O–H groups in total. The van der Waals surface area contributed by atoms with E-state index in [9.17, 15) is 27.9 Å². The van der Waals surface area contributed by atoms with Crippen LogP contribution in [0.2, 0.25) is 0 Å². The number of thioether (sulfide) groups is 1. The number of nitrogens with one attached hydrogen (secondary N) is 1. The molecule has 3 saturated carbocycles. The summed E-state index contributed by atoms with van der Waals surface area (Å²) in [6, 6.07) is 0.741. The first kappa shape index (κ1) is 31.7. The number of ketones is 1. The molecule has 3 aliphatic carbocycles. The van der Waals surface area contributed by atoms with Crippen LogP contribution in [-0.4, -0.2) is 63.0 Å². The fraction of sp³-hybridized carbons (Fsp3) is 0.724. The molecule has 2 bridgehead atoms. The zero-order chi connectivity index (χ0) is 30.4. The summed E-state index contributed by atoms with van der Waals surface area (Å²) in [6.07, 6.45) is -1.56. The van der Waals surface area contributed by atoms with E-state index in [0.717, 1.165) is 18.9 Å². The van der Waals surface area contributed by atoms with Gasteiger partial charge in [0.2, 0.25) is 0 Å². The lowest BCUT2D eigenvalue weighted by atomic mass is 9.44. The fourth-order valence-corrected chi connectivity index (χ4v) is 8.37. The monoisotopic (exact) mass is 599 g/mol. The third kappa shape index (κ3) is 5.63. The number of halogens is 3. The molecule has 4 rings (SSSR count). The zero-order valence-corrected chi connectivity index (χ0v) is 24.8. The Kier molecular flexibility index (Phi) is 8.89. The highest BCUT2D eigenvalue weighted by atomic mass is 32.2. The average Bonchev–Trinajstić information content (AvgIpc) is 3.28. The van der Waals surface area contributed by atoms with Crippen LogP contribution in [0.1, 0.15) is 65.5 Å². The normalized spacial score (nSPS) is 37.1. The number of carbonyl (C=O) groups excluding carboxylic acids is 2. The maximum Gasteiger partial charge on any atom is 0.433 e. The van der Waals surface area contributed by atoms with E-state index in [1.807, 2.05) is 20.8 Å². The largest absolute Gasteiger partial charge is 0.461 e. The highest BCUT2D eigenvalue weighted by Gasteiger charge is 2.68. The molecule has 0 saturated heterocycles. The van der Waals surface area contributed by atoms with Gasteiger partial charge in [0.1, 0.15) is 17.7 Å². The van der Waals surface area contributed by atoms with Gasteiger partial charge in [0.25, 0.3) is 0 Å². The van der Waals surface area contributed by atoms with E-state index in [-0.39, 0.29) is 59.8 Å². The molecule has 1 heterocycles. The number of alkyl halides is 3. The topological polar surface area (TPSA) is 122 Å². The Balaban J connectivity index is 1.63. The molecule has 1 aromatic heterocycles. The van der Waals surface area contributed by atoms with Gasteiger partial charge in [0.05, 0.1) is 18.5 Å². The van der Waals surface area contributed by atoms with Crippen LogP contribution < -0.4 is 5.32 Å². The van der Waals surface area contributed by atoms with Crippen molar-refractivity contribution in [2.75, 3.05) is 24.2 Å². The van der Waals surface area contributed by atoms with Crippen LogP contribution in [0.15, 0.2) is 23.9 Å². The Hall–Kier alpha value is -2.18. The van der Waals surface area contributed by atoms with Gasteiger partial charge in [0.15, 0.2) is 10.9 Å². The number of anilines is 1. The number of esters is 1. The van der Waals surface area contributed by atoms with Gasteiger partial charge in [-0.25, -0.2) is 9.97 Å². The van der Waals surface area contributed by atoms with Crippen LogP contribution in [0.3, 0.4) is 0 Å². The number of nitrogens with zero attached hydrogens (tertiary/aromatic N) is 2. The molecular formula is C29H40F3N3O5S. The van der Waals surface area contributed by atoms with Crippen LogP contribution in [0.4, 0.5) is 19.0 Å². The molecule has 8 atom stereocenters. The van der Waals surface area contributed by atoms with Crippen LogP contribution in [0.5, 0.6) is 0 Å². The van der Waals surface area contributed by atoms with Crippen molar-refractivity contribution in [2.45, 2.75) is 83.3 Å².